The van der Waals surface area contributed by atoms with Gasteiger partial charge in [-0.1, -0.05) is 51.1 Å². The molecule has 2 aromatic carbocycles. The molecule has 1 amide bonds. The van der Waals surface area contributed by atoms with Gasteiger partial charge in [0.15, 0.2) is 0 Å². The summed E-state index contributed by atoms with van der Waals surface area (Å²) in [7, 11) is 0. The summed E-state index contributed by atoms with van der Waals surface area (Å²) >= 11 is 1.89. The average Bonchev–Trinajstić information content (AvgIpc) is 3.00. The maximum Gasteiger partial charge on any atom is 0.238 e. The van der Waals surface area contributed by atoms with Crippen LogP contribution >= 0.6 is 11.8 Å². The molecule has 0 atom stereocenters. The Morgan fingerprint density at radius 2 is 1.55 bits per heavy atom. The molecular weight excluding hydrogens is 402 g/mol. The van der Waals surface area contributed by atoms with E-state index >= 15 is 0 Å². The van der Waals surface area contributed by atoms with Gasteiger partial charge in [-0.15, -0.1) is 11.8 Å². The predicted octanol–water partition coefficient (Wildman–Crippen LogP) is 5.07. The summed E-state index contributed by atoms with van der Waals surface area (Å²) in [5.74, 6) is 1.21. The molecule has 5 heteroatoms. The molecule has 1 heterocycles. The molecule has 1 saturated heterocycles. The molecule has 0 bridgehead atoms. The van der Waals surface area contributed by atoms with E-state index < -0.39 is 0 Å². The zero-order valence-corrected chi connectivity index (χ0v) is 20.1. The molecule has 1 aliphatic heterocycles. The maximum absolute atomic E-state index is 12.8. The quantitative estimate of drug-likeness (QED) is 0.553. The molecule has 0 spiro atoms. The number of amides is 1. The van der Waals surface area contributed by atoms with E-state index in [4.69, 9.17) is 0 Å². The van der Waals surface area contributed by atoms with Crippen molar-refractivity contribution < 1.29 is 4.79 Å². The number of hydrogen-bond donors (Lipinski definition) is 1. The molecule has 1 fully saturated rings. The van der Waals surface area contributed by atoms with Gasteiger partial charge in [-0.2, -0.15) is 0 Å². The lowest BCUT2D eigenvalue weighted by atomic mass is 10.0. The molecule has 0 aromatic heterocycles. The summed E-state index contributed by atoms with van der Waals surface area (Å²) in [5, 5.41) is 3.22. The number of aryl methyl sites for hydroxylation is 2. The Kier molecular flexibility index (Phi) is 9.44. The highest BCUT2D eigenvalue weighted by Crippen LogP contribution is 2.23. The summed E-state index contributed by atoms with van der Waals surface area (Å²) in [6, 6.07) is 15.3. The minimum absolute atomic E-state index is 0.105. The van der Waals surface area contributed by atoms with Gasteiger partial charge in [0, 0.05) is 30.2 Å². The van der Waals surface area contributed by atoms with E-state index in [1.165, 1.54) is 21.6 Å². The second kappa shape index (κ2) is 12.3. The van der Waals surface area contributed by atoms with E-state index in [2.05, 4.69) is 78.4 Å². The number of rotatable bonds is 9. The van der Waals surface area contributed by atoms with Crippen molar-refractivity contribution in [3.8, 4) is 0 Å². The minimum Gasteiger partial charge on any atom is -0.324 e. The minimum atomic E-state index is 0.105. The number of hydrogen-bond acceptors (Lipinski definition) is 4. The highest BCUT2D eigenvalue weighted by molar-refractivity contribution is 7.99. The van der Waals surface area contributed by atoms with Crippen molar-refractivity contribution in [1.82, 2.24) is 9.80 Å². The van der Waals surface area contributed by atoms with Gasteiger partial charge in [0.05, 0.1) is 6.54 Å². The number of carbonyl (C=O) groups excluding carboxylic acids is 1. The Labute approximate surface area is 192 Å². The van der Waals surface area contributed by atoms with Crippen molar-refractivity contribution in [1.29, 1.82) is 0 Å². The van der Waals surface area contributed by atoms with Crippen molar-refractivity contribution in [2.75, 3.05) is 43.8 Å². The Hall–Kier alpha value is -1.82. The van der Waals surface area contributed by atoms with Crippen LogP contribution in [-0.2, 0) is 24.2 Å². The van der Waals surface area contributed by atoms with E-state index in [1.54, 1.807) is 0 Å². The van der Waals surface area contributed by atoms with Gasteiger partial charge in [0.2, 0.25) is 5.91 Å². The Morgan fingerprint density at radius 1 is 0.903 bits per heavy atom. The molecule has 1 N–H and O–H groups in total. The SMILES string of the molecule is CCSc1ccc(CN2CCCN(CC(=O)Nc3c(CC)cccc3CC)CC2)cc1. The second-order valence-corrected chi connectivity index (χ2v) is 9.53. The molecule has 3 rings (SSSR count). The first-order valence-corrected chi connectivity index (χ1v) is 12.7. The fourth-order valence-corrected chi connectivity index (χ4v) is 4.90. The lowest BCUT2D eigenvalue weighted by molar-refractivity contribution is -0.117. The Balaban J connectivity index is 1.51. The Bertz CT molecular complexity index is 815. The van der Waals surface area contributed by atoms with Crippen LogP contribution in [0.25, 0.3) is 0 Å². The summed E-state index contributed by atoms with van der Waals surface area (Å²) in [5.41, 5.74) is 4.84. The van der Waals surface area contributed by atoms with Crippen LogP contribution in [-0.4, -0.2) is 54.2 Å². The van der Waals surface area contributed by atoms with Crippen LogP contribution in [0.4, 0.5) is 5.69 Å². The van der Waals surface area contributed by atoms with Gasteiger partial charge < -0.3 is 5.32 Å². The molecule has 31 heavy (non-hydrogen) atoms. The fraction of sp³-hybridized carbons (Fsp3) is 0.500. The van der Waals surface area contributed by atoms with Gasteiger partial charge in [-0.05, 0) is 66.9 Å². The van der Waals surface area contributed by atoms with E-state index in [0.29, 0.717) is 6.54 Å². The van der Waals surface area contributed by atoms with Crippen molar-refractivity contribution in [2.24, 2.45) is 0 Å². The van der Waals surface area contributed by atoms with Gasteiger partial charge in [0.1, 0.15) is 0 Å². The zero-order chi connectivity index (χ0) is 22.1. The number of anilines is 1. The standard InChI is InChI=1S/C26H37N3OS/c1-4-22-9-7-10-23(5-2)26(22)27-25(30)20-29-16-8-15-28(17-18-29)19-21-11-13-24(14-12-21)31-6-3/h7,9-14H,4-6,8,15-20H2,1-3H3,(H,27,30). The van der Waals surface area contributed by atoms with Gasteiger partial charge >= 0.3 is 0 Å². The molecule has 0 radical (unpaired) electrons. The van der Waals surface area contributed by atoms with Crippen LogP contribution in [0.2, 0.25) is 0 Å². The molecular formula is C26H37N3OS. The van der Waals surface area contributed by atoms with E-state index in [-0.39, 0.29) is 5.91 Å². The summed E-state index contributed by atoms with van der Waals surface area (Å²) in [6.07, 6.45) is 2.96. The molecule has 0 aliphatic carbocycles. The average molecular weight is 440 g/mol. The van der Waals surface area contributed by atoms with Crippen molar-refractivity contribution >= 4 is 23.4 Å². The molecule has 168 valence electrons. The van der Waals surface area contributed by atoms with E-state index in [1.807, 2.05) is 11.8 Å². The monoisotopic (exact) mass is 439 g/mol. The van der Waals surface area contributed by atoms with E-state index in [9.17, 15) is 4.79 Å². The molecule has 1 aliphatic rings. The number of nitrogens with zero attached hydrogens (tertiary/aromatic N) is 2. The van der Waals surface area contributed by atoms with Crippen LogP contribution in [0.1, 0.15) is 43.9 Å². The van der Waals surface area contributed by atoms with Gasteiger partial charge in [0.25, 0.3) is 0 Å². The largest absolute Gasteiger partial charge is 0.324 e. The normalized spacial score (nSPS) is 15.6. The smallest absolute Gasteiger partial charge is 0.238 e. The van der Waals surface area contributed by atoms with Crippen LogP contribution in [0.15, 0.2) is 47.4 Å². The third-order valence-electron chi connectivity index (χ3n) is 5.95. The van der Waals surface area contributed by atoms with Crippen LogP contribution in [0.5, 0.6) is 0 Å². The maximum atomic E-state index is 12.8. The number of benzene rings is 2. The fourth-order valence-electron chi connectivity index (χ4n) is 4.24. The summed E-state index contributed by atoms with van der Waals surface area (Å²) < 4.78 is 0. The topological polar surface area (TPSA) is 35.6 Å². The lowest BCUT2D eigenvalue weighted by Crippen LogP contribution is -2.36. The van der Waals surface area contributed by atoms with Crippen LogP contribution < -0.4 is 5.32 Å². The number of nitrogens with one attached hydrogen (secondary N) is 1. The third kappa shape index (κ3) is 7.09. The van der Waals surface area contributed by atoms with Gasteiger partial charge in [-0.3, -0.25) is 14.6 Å². The molecule has 2 aromatic rings. The molecule has 4 nitrogen and oxygen atoms in total. The highest BCUT2D eigenvalue weighted by Gasteiger charge is 2.18. The van der Waals surface area contributed by atoms with Crippen LogP contribution in [0, 0.1) is 0 Å². The predicted molar refractivity (Wildman–Crippen MR) is 133 cm³/mol. The summed E-state index contributed by atoms with van der Waals surface area (Å²) in [6.45, 7) is 11.9. The highest BCUT2D eigenvalue weighted by atomic mass is 32.2. The first kappa shape index (κ1) is 23.8. The van der Waals surface area contributed by atoms with Gasteiger partial charge in [-0.25, -0.2) is 0 Å². The zero-order valence-electron chi connectivity index (χ0n) is 19.3. The second-order valence-electron chi connectivity index (χ2n) is 8.19. The first-order valence-electron chi connectivity index (χ1n) is 11.7. The third-order valence-corrected chi connectivity index (χ3v) is 6.85. The first-order chi connectivity index (χ1) is 15.1. The number of carbonyl (C=O) groups is 1. The van der Waals surface area contributed by atoms with Crippen molar-refractivity contribution in [2.45, 2.75) is 51.5 Å². The van der Waals surface area contributed by atoms with Crippen LogP contribution in [0.3, 0.4) is 0 Å². The van der Waals surface area contributed by atoms with Crippen molar-refractivity contribution in [3.05, 3.63) is 59.2 Å². The van der Waals surface area contributed by atoms with E-state index in [0.717, 1.165) is 63.4 Å². The Morgan fingerprint density at radius 3 is 2.19 bits per heavy atom. The molecule has 0 saturated carbocycles. The summed E-state index contributed by atoms with van der Waals surface area (Å²) in [4.78, 5) is 19.0. The number of para-hydroxylation sites is 1. The lowest BCUT2D eigenvalue weighted by Gasteiger charge is -2.22. The van der Waals surface area contributed by atoms with Crippen molar-refractivity contribution in [3.63, 3.8) is 0 Å². The number of thioether (sulfide) groups is 1. The molecule has 0 unspecified atom stereocenters.